The highest BCUT2D eigenvalue weighted by atomic mass is 16.5. The first kappa shape index (κ1) is 20.6. The summed E-state index contributed by atoms with van der Waals surface area (Å²) < 4.78 is 22.3. The number of furan rings is 1. The maximum Gasteiger partial charge on any atom is 0.374 e. The number of carbonyl (C=O) groups excluding carboxylic acids is 2. The van der Waals surface area contributed by atoms with E-state index in [0.717, 1.165) is 5.39 Å². The van der Waals surface area contributed by atoms with Gasteiger partial charge in [0.2, 0.25) is 5.76 Å². The monoisotopic (exact) mass is 396 g/mol. The first-order valence-electron chi connectivity index (χ1n) is 9.57. The molecule has 0 fully saturated rings. The van der Waals surface area contributed by atoms with Gasteiger partial charge in [-0.15, -0.1) is 0 Å². The minimum Gasteiger partial charge on any atom is -0.493 e. The number of Topliss-reactive ketones (excluding diaryl/α,β-unsaturated/α-hetero) is 1. The molecule has 0 bridgehead atoms. The lowest BCUT2D eigenvalue weighted by Crippen LogP contribution is -2.09. The normalized spacial score (nSPS) is 10.9. The summed E-state index contributed by atoms with van der Waals surface area (Å²) in [4.78, 5) is 24.5. The van der Waals surface area contributed by atoms with E-state index < -0.39 is 5.97 Å². The summed E-state index contributed by atoms with van der Waals surface area (Å²) in [5.74, 6) is 0.0354. The fraction of sp³-hybridized carbons (Fsp3) is 0.304. The van der Waals surface area contributed by atoms with Crippen LogP contribution in [0.2, 0.25) is 0 Å². The number of benzene rings is 2. The number of ketones is 1. The molecule has 29 heavy (non-hydrogen) atoms. The van der Waals surface area contributed by atoms with E-state index in [-0.39, 0.29) is 24.8 Å². The predicted octanol–water partition coefficient (Wildman–Crippen LogP) is 4.93. The van der Waals surface area contributed by atoms with Gasteiger partial charge in [0.1, 0.15) is 17.9 Å². The van der Waals surface area contributed by atoms with E-state index in [4.69, 9.17) is 18.6 Å². The third-order valence-electron chi connectivity index (χ3n) is 4.46. The number of para-hydroxylation sites is 1. The molecule has 1 aromatic heterocycles. The zero-order valence-corrected chi connectivity index (χ0v) is 16.8. The van der Waals surface area contributed by atoms with Gasteiger partial charge in [0, 0.05) is 28.7 Å². The van der Waals surface area contributed by atoms with Gasteiger partial charge in [0.25, 0.3) is 0 Å². The molecule has 0 saturated carbocycles. The quantitative estimate of drug-likeness (QED) is 0.377. The molecule has 0 spiro atoms. The van der Waals surface area contributed by atoms with Crippen LogP contribution in [0.1, 0.15) is 52.8 Å². The van der Waals surface area contributed by atoms with E-state index in [9.17, 15) is 9.59 Å². The van der Waals surface area contributed by atoms with Crippen molar-refractivity contribution in [1.29, 1.82) is 0 Å². The number of esters is 1. The Morgan fingerprint density at radius 1 is 1.00 bits per heavy atom. The molecule has 0 atom stereocenters. The van der Waals surface area contributed by atoms with E-state index in [0.29, 0.717) is 41.2 Å². The summed E-state index contributed by atoms with van der Waals surface area (Å²) >= 11 is 0. The minimum atomic E-state index is -0.591. The van der Waals surface area contributed by atoms with Gasteiger partial charge < -0.3 is 18.6 Å². The average molecular weight is 396 g/mol. The first-order valence-corrected chi connectivity index (χ1v) is 9.57. The number of fused-ring (bicyclic) bond motifs is 1. The highest BCUT2D eigenvalue weighted by Gasteiger charge is 2.22. The lowest BCUT2D eigenvalue weighted by molar-refractivity contribution is 0.0427. The number of hydrogen-bond acceptors (Lipinski definition) is 6. The molecule has 0 N–H and O–H groups in total. The molecule has 2 aromatic carbocycles. The number of ether oxygens (including phenoxy) is 3. The van der Waals surface area contributed by atoms with Crippen molar-refractivity contribution in [2.45, 2.75) is 34.0 Å². The van der Waals surface area contributed by atoms with Gasteiger partial charge in [-0.25, -0.2) is 4.79 Å². The number of hydrogen-bond donors (Lipinski definition) is 0. The zero-order chi connectivity index (χ0) is 20.8. The van der Waals surface area contributed by atoms with E-state index in [2.05, 4.69) is 0 Å². The van der Waals surface area contributed by atoms with Crippen LogP contribution < -0.4 is 4.74 Å². The molecule has 3 aromatic rings. The molecular weight excluding hydrogens is 372 g/mol. The molecule has 6 nitrogen and oxygen atoms in total. The molecule has 152 valence electrons. The molecule has 0 saturated heterocycles. The van der Waals surface area contributed by atoms with Crippen molar-refractivity contribution in [3.8, 4) is 5.75 Å². The second-order valence-corrected chi connectivity index (χ2v) is 6.43. The van der Waals surface area contributed by atoms with Gasteiger partial charge in [-0.2, -0.15) is 0 Å². The second-order valence-electron chi connectivity index (χ2n) is 6.43. The Hall–Kier alpha value is -3.12. The van der Waals surface area contributed by atoms with Crippen molar-refractivity contribution < 1.29 is 28.2 Å². The Morgan fingerprint density at radius 3 is 2.52 bits per heavy atom. The molecular formula is C23H24O6. The van der Waals surface area contributed by atoms with Gasteiger partial charge in [0.05, 0.1) is 13.2 Å². The van der Waals surface area contributed by atoms with E-state index >= 15 is 0 Å². The van der Waals surface area contributed by atoms with Crippen molar-refractivity contribution in [3.05, 3.63) is 64.9 Å². The van der Waals surface area contributed by atoms with Crippen LogP contribution in [0.25, 0.3) is 11.0 Å². The Bertz CT molecular complexity index is 1020. The maximum atomic E-state index is 12.8. The van der Waals surface area contributed by atoms with Crippen LogP contribution >= 0.6 is 0 Å². The summed E-state index contributed by atoms with van der Waals surface area (Å²) in [5.41, 5.74) is 2.41. The van der Waals surface area contributed by atoms with Crippen molar-refractivity contribution in [3.63, 3.8) is 0 Å². The molecule has 1 heterocycles. The standard InChI is InChI=1S/C23H24O6/c1-4-26-14-19-18-8-6-7-9-21(18)29-22(19)23(25)28-13-17-12-16(15(3)24)10-11-20(17)27-5-2/h6-12H,4-5,13-14H2,1-3H3. The predicted molar refractivity (Wildman–Crippen MR) is 108 cm³/mol. The average Bonchev–Trinajstić information content (AvgIpc) is 3.10. The Morgan fingerprint density at radius 2 is 1.79 bits per heavy atom. The van der Waals surface area contributed by atoms with E-state index in [1.165, 1.54) is 6.92 Å². The van der Waals surface area contributed by atoms with Crippen LogP contribution in [0.4, 0.5) is 0 Å². The van der Waals surface area contributed by atoms with Crippen LogP contribution in [-0.2, 0) is 22.7 Å². The zero-order valence-electron chi connectivity index (χ0n) is 16.8. The lowest BCUT2D eigenvalue weighted by atomic mass is 10.1. The SMILES string of the molecule is CCOCc1c(C(=O)OCc2cc(C(C)=O)ccc2OCC)oc2ccccc12. The second kappa shape index (κ2) is 9.39. The van der Waals surface area contributed by atoms with Gasteiger partial charge in [-0.3, -0.25) is 4.79 Å². The molecule has 0 amide bonds. The van der Waals surface area contributed by atoms with Crippen molar-refractivity contribution in [2.24, 2.45) is 0 Å². The summed E-state index contributed by atoms with van der Waals surface area (Å²) in [6.07, 6.45) is 0. The topological polar surface area (TPSA) is 75.0 Å². The molecule has 0 aliphatic rings. The smallest absolute Gasteiger partial charge is 0.374 e. The summed E-state index contributed by atoms with van der Waals surface area (Å²) in [7, 11) is 0. The van der Waals surface area contributed by atoms with Crippen LogP contribution in [0.3, 0.4) is 0 Å². The summed E-state index contributed by atoms with van der Waals surface area (Å²) in [6.45, 7) is 6.43. The molecule has 0 aliphatic heterocycles. The first-order chi connectivity index (χ1) is 14.0. The molecule has 0 unspecified atom stereocenters. The van der Waals surface area contributed by atoms with Crippen molar-refractivity contribution in [2.75, 3.05) is 13.2 Å². The van der Waals surface area contributed by atoms with Gasteiger partial charge in [0.15, 0.2) is 5.78 Å². The van der Waals surface area contributed by atoms with Crippen LogP contribution in [0, 0.1) is 0 Å². The summed E-state index contributed by atoms with van der Waals surface area (Å²) in [5, 5.41) is 0.821. The largest absolute Gasteiger partial charge is 0.493 e. The molecule has 0 radical (unpaired) electrons. The fourth-order valence-electron chi connectivity index (χ4n) is 3.03. The highest BCUT2D eigenvalue weighted by Crippen LogP contribution is 2.28. The molecule has 0 aliphatic carbocycles. The van der Waals surface area contributed by atoms with E-state index in [1.807, 2.05) is 32.0 Å². The minimum absolute atomic E-state index is 0.0413. The Labute approximate surface area is 169 Å². The Kier molecular flexibility index (Phi) is 6.67. The number of rotatable bonds is 9. The molecule has 3 rings (SSSR count). The van der Waals surface area contributed by atoms with Crippen LogP contribution in [0.5, 0.6) is 5.75 Å². The van der Waals surface area contributed by atoms with Crippen molar-refractivity contribution >= 4 is 22.7 Å². The fourth-order valence-corrected chi connectivity index (χ4v) is 3.03. The highest BCUT2D eigenvalue weighted by molar-refractivity contribution is 5.96. The third-order valence-corrected chi connectivity index (χ3v) is 4.46. The number of carbonyl (C=O) groups is 2. The third kappa shape index (κ3) is 4.66. The van der Waals surface area contributed by atoms with Crippen LogP contribution in [0.15, 0.2) is 46.9 Å². The molecule has 6 heteroatoms. The Balaban J connectivity index is 1.86. The lowest BCUT2D eigenvalue weighted by Gasteiger charge is -2.12. The van der Waals surface area contributed by atoms with Crippen molar-refractivity contribution in [1.82, 2.24) is 0 Å². The maximum absolute atomic E-state index is 12.8. The summed E-state index contributed by atoms with van der Waals surface area (Å²) in [6, 6.07) is 12.5. The van der Waals surface area contributed by atoms with E-state index in [1.54, 1.807) is 24.3 Å². The van der Waals surface area contributed by atoms with Gasteiger partial charge in [-0.1, -0.05) is 18.2 Å². The van der Waals surface area contributed by atoms with Gasteiger partial charge >= 0.3 is 5.97 Å². The van der Waals surface area contributed by atoms with Crippen LogP contribution in [-0.4, -0.2) is 25.0 Å². The van der Waals surface area contributed by atoms with Gasteiger partial charge in [-0.05, 0) is 45.0 Å².